The quantitative estimate of drug-likeness (QED) is 0.478. The molecule has 1 aliphatic rings. The second kappa shape index (κ2) is 7.18. The van der Waals surface area contributed by atoms with Gasteiger partial charge in [0, 0.05) is 26.3 Å². The molecular weight excluding hydrogens is 205 g/mol. The standard InChI is InChI=1S/C10H19NO4.Li/c12-7-1-2-10(8-13)3-5-11(6-4-10)9(14)15;/h12-13H,1-8H2,(H,14,15);/q;+1/p-1. The number of carboxylic acid groups (broad SMARTS) is 1. The molecule has 16 heavy (non-hydrogen) atoms. The van der Waals surface area contributed by atoms with Gasteiger partial charge >= 0.3 is 18.9 Å². The smallest absolute Gasteiger partial charge is 0.530 e. The van der Waals surface area contributed by atoms with Gasteiger partial charge in [0.15, 0.2) is 0 Å². The van der Waals surface area contributed by atoms with Crippen molar-refractivity contribution in [3.63, 3.8) is 0 Å². The molecule has 6 heteroatoms. The van der Waals surface area contributed by atoms with Crippen molar-refractivity contribution < 1.29 is 39.0 Å². The summed E-state index contributed by atoms with van der Waals surface area (Å²) in [6.45, 7) is 1.03. The molecule has 0 bridgehead atoms. The van der Waals surface area contributed by atoms with Crippen LogP contribution >= 0.6 is 0 Å². The van der Waals surface area contributed by atoms with E-state index in [1.807, 2.05) is 0 Å². The fourth-order valence-corrected chi connectivity index (χ4v) is 2.10. The van der Waals surface area contributed by atoms with Crippen LogP contribution in [-0.4, -0.2) is 47.5 Å². The van der Waals surface area contributed by atoms with Crippen molar-refractivity contribution in [2.24, 2.45) is 5.41 Å². The Bertz CT molecular complexity index is 217. The maximum absolute atomic E-state index is 10.6. The summed E-state index contributed by atoms with van der Waals surface area (Å²) in [6.07, 6.45) is 1.57. The summed E-state index contributed by atoms with van der Waals surface area (Å²) >= 11 is 0. The Balaban J connectivity index is 0.00000225. The van der Waals surface area contributed by atoms with Crippen molar-refractivity contribution in [2.45, 2.75) is 25.7 Å². The topological polar surface area (TPSA) is 83.8 Å². The van der Waals surface area contributed by atoms with Crippen LogP contribution in [0.4, 0.5) is 4.79 Å². The van der Waals surface area contributed by atoms with Crippen molar-refractivity contribution >= 4 is 6.09 Å². The van der Waals surface area contributed by atoms with Crippen molar-refractivity contribution in [1.29, 1.82) is 0 Å². The number of piperidine rings is 1. The van der Waals surface area contributed by atoms with Crippen LogP contribution < -0.4 is 24.0 Å². The molecule has 88 valence electrons. The third-order valence-electron chi connectivity index (χ3n) is 3.28. The van der Waals surface area contributed by atoms with Gasteiger partial charge in [-0.15, -0.1) is 0 Å². The zero-order valence-electron chi connectivity index (χ0n) is 9.81. The number of aliphatic hydroxyl groups is 2. The van der Waals surface area contributed by atoms with Gasteiger partial charge in [-0.25, -0.2) is 0 Å². The first-order valence-corrected chi connectivity index (χ1v) is 5.31. The number of nitrogens with zero attached hydrogens (tertiary/aromatic N) is 1. The minimum atomic E-state index is -1.14. The molecule has 0 unspecified atom stereocenters. The van der Waals surface area contributed by atoms with Crippen LogP contribution in [0.3, 0.4) is 0 Å². The number of carbonyl (C=O) groups is 1. The first kappa shape index (κ1) is 15.8. The molecule has 0 radical (unpaired) electrons. The van der Waals surface area contributed by atoms with Crippen LogP contribution in [-0.2, 0) is 0 Å². The predicted octanol–water partition coefficient (Wildman–Crippen LogP) is -3.82. The number of carbonyl (C=O) groups excluding carboxylic acids is 1. The maximum Gasteiger partial charge on any atom is 1.00 e. The van der Waals surface area contributed by atoms with E-state index in [4.69, 9.17) is 5.11 Å². The average molecular weight is 223 g/mol. The molecular formula is C10H18LiNO4. The monoisotopic (exact) mass is 223 g/mol. The predicted molar refractivity (Wildman–Crippen MR) is 52.0 cm³/mol. The molecule has 0 aliphatic carbocycles. The van der Waals surface area contributed by atoms with E-state index in [9.17, 15) is 15.0 Å². The van der Waals surface area contributed by atoms with E-state index in [0.29, 0.717) is 32.4 Å². The van der Waals surface area contributed by atoms with Gasteiger partial charge in [0.2, 0.25) is 0 Å². The largest absolute Gasteiger partial charge is 1.00 e. The van der Waals surface area contributed by atoms with E-state index >= 15 is 0 Å². The molecule has 1 amide bonds. The molecule has 2 N–H and O–H groups in total. The summed E-state index contributed by atoms with van der Waals surface area (Å²) in [7, 11) is 0. The molecule has 1 rings (SSSR count). The van der Waals surface area contributed by atoms with Crippen LogP contribution in [0.15, 0.2) is 0 Å². The summed E-state index contributed by atoms with van der Waals surface area (Å²) in [5, 5.41) is 28.7. The number of amides is 1. The fraction of sp³-hybridized carbons (Fsp3) is 0.900. The van der Waals surface area contributed by atoms with Gasteiger partial charge in [-0.05, 0) is 31.1 Å². The van der Waals surface area contributed by atoms with Crippen molar-refractivity contribution in [3.8, 4) is 0 Å². The molecule has 1 aliphatic heterocycles. The molecule has 5 nitrogen and oxygen atoms in total. The number of rotatable bonds is 4. The van der Waals surface area contributed by atoms with Crippen LogP contribution in [0, 0.1) is 5.41 Å². The Morgan fingerprint density at radius 2 is 1.88 bits per heavy atom. The van der Waals surface area contributed by atoms with Gasteiger partial charge < -0.3 is 25.0 Å². The van der Waals surface area contributed by atoms with Crippen molar-refractivity contribution in [2.75, 3.05) is 26.3 Å². The van der Waals surface area contributed by atoms with Crippen LogP contribution in [0.25, 0.3) is 0 Å². The molecule has 0 saturated carbocycles. The van der Waals surface area contributed by atoms with E-state index in [0.717, 1.165) is 6.42 Å². The molecule has 1 heterocycles. The normalized spacial score (nSPS) is 19.0. The van der Waals surface area contributed by atoms with E-state index < -0.39 is 6.09 Å². The number of hydrogen-bond donors (Lipinski definition) is 2. The first-order chi connectivity index (χ1) is 7.13. The number of likely N-dealkylation sites (tertiary alicyclic amines) is 1. The Hall–Kier alpha value is -0.213. The SMILES string of the molecule is O=C([O-])N1CCC(CO)(CCCO)CC1.[Li+]. The van der Waals surface area contributed by atoms with Crippen LogP contribution in [0.1, 0.15) is 25.7 Å². The summed E-state index contributed by atoms with van der Waals surface area (Å²) < 4.78 is 0. The molecule has 0 aromatic rings. The molecule has 1 fully saturated rings. The number of hydrogen-bond acceptors (Lipinski definition) is 4. The Morgan fingerprint density at radius 1 is 1.31 bits per heavy atom. The van der Waals surface area contributed by atoms with Gasteiger partial charge in [-0.2, -0.15) is 0 Å². The van der Waals surface area contributed by atoms with Crippen LogP contribution in [0.5, 0.6) is 0 Å². The first-order valence-electron chi connectivity index (χ1n) is 5.31. The summed E-state index contributed by atoms with van der Waals surface area (Å²) in [5.41, 5.74) is -0.200. The zero-order chi connectivity index (χ0) is 11.3. The molecule has 1 saturated heterocycles. The van der Waals surface area contributed by atoms with Crippen LogP contribution in [0.2, 0.25) is 0 Å². The minimum absolute atomic E-state index is 0. The molecule has 0 aromatic heterocycles. The van der Waals surface area contributed by atoms with Crippen molar-refractivity contribution in [3.05, 3.63) is 0 Å². The van der Waals surface area contributed by atoms with E-state index in [-0.39, 0.29) is 37.5 Å². The van der Waals surface area contributed by atoms with Gasteiger partial charge in [-0.1, -0.05) is 0 Å². The van der Waals surface area contributed by atoms with Gasteiger partial charge in [0.1, 0.15) is 6.09 Å². The maximum atomic E-state index is 10.6. The second-order valence-electron chi connectivity index (χ2n) is 4.24. The Labute approximate surface area is 108 Å². The summed E-state index contributed by atoms with van der Waals surface area (Å²) in [5.74, 6) is 0. The van der Waals surface area contributed by atoms with E-state index in [1.54, 1.807) is 0 Å². The summed E-state index contributed by atoms with van der Waals surface area (Å²) in [4.78, 5) is 11.9. The number of aliphatic hydroxyl groups excluding tert-OH is 2. The third kappa shape index (κ3) is 3.98. The molecule has 0 atom stereocenters. The second-order valence-corrected chi connectivity index (χ2v) is 4.24. The van der Waals surface area contributed by atoms with Gasteiger partial charge in [0.05, 0.1) is 0 Å². The Kier molecular flexibility index (Phi) is 7.08. The molecule has 0 spiro atoms. The summed E-state index contributed by atoms with van der Waals surface area (Å²) in [6, 6.07) is 0. The van der Waals surface area contributed by atoms with E-state index in [1.165, 1.54) is 4.90 Å². The molecule has 0 aromatic carbocycles. The fourth-order valence-electron chi connectivity index (χ4n) is 2.10. The van der Waals surface area contributed by atoms with Gasteiger partial charge in [-0.3, -0.25) is 0 Å². The van der Waals surface area contributed by atoms with Crippen molar-refractivity contribution in [1.82, 2.24) is 4.90 Å². The average Bonchev–Trinajstić information content (AvgIpc) is 2.27. The third-order valence-corrected chi connectivity index (χ3v) is 3.28. The van der Waals surface area contributed by atoms with Gasteiger partial charge in [0.25, 0.3) is 0 Å². The van der Waals surface area contributed by atoms with E-state index in [2.05, 4.69) is 0 Å². The Morgan fingerprint density at radius 3 is 2.25 bits per heavy atom. The zero-order valence-corrected chi connectivity index (χ0v) is 9.81. The minimum Gasteiger partial charge on any atom is -0.530 e.